The van der Waals surface area contributed by atoms with E-state index in [0.717, 1.165) is 12.8 Å². The second-order valence-corrected chi connectivity index (χ2v) is 3.80. The third-order valence-electron chi connectivity index (χ3n) is 2.99. The lowest BCUT2D eigenvalue weighted by atomic mass is 9.88. The smallest absolute Gasteiger partial charge is 0.312 e. The third kappa shape index (κ3) is 1.21. The number of hydroxylamine groups is 2. The van der Waals surface area contributed by atoms with E-state index >= 15 is 0 Å². The highest BCUT2D eigenvalue weighted by Crippen LogP contribution is 2.29. The topological polar surface area (TPSA) is 49.9 Å². The third-order valence-corrected chi connectivity index (χ3v) is 2.99. The monoisotopic (exact) mass is 196 g/mol. The van der Waals surface area contributed by atoms with Crippen molar-refractivity contribution in [3.63, 3.8) is 0 Å². The van der Waals surface area contributed by atoms with Crippen LogP contribution >= 0.6 is 0 Å². The Morgan fingerprint density at radius 1 is 1.57 bits per heavy atom. The van der Waals surface area contributed by atoms with Gasteiger partial charge in [-0.05, 0) is 12.8 Å². The molecule has 0 aliphatic carbocycles. The first-order valence-corrected chi connectivity index (χ1v) is 4.79. The van der Waals surface area contributed by atoms with Crippen molar-refractivity contribution in [2.45, 2.75) is 24.9 Å². The van der Waals surface area contributed by atoms with Crippen molar-refractivity contribution in [2.75, 3.05) is 13.7 Å². The summed E-state index contributed by atoms with van der Waals surface area (Å²) in [7, 11) is 3.02. The second kappa shape index (κ2) is 3.27. The molecular weight excluding hydrogens is 183 g/mol. The van der Waals surface area contributed by atoms with Crippen molar-refractivity contribution in [1.29, 1.82) is 0 Å². The first-order valence-electron chi connectivity index (χ1n) is 4.79. The molecule has 0 aromatic rings. The minimum absolute atomic E-state index is 0.0646. The second-order valence-electron chi connectivity index (χ2n) is 3.80. The van der Waals surface area contributed by atoms with Crippen molar-refractivity contribution in [3.8, 4) is 0 Å². The molecule has 2 rings (SSSR count). The number of urea groups is 1. The van der Waals surface area contributed by atoms with Gasteiger partial charge in [-0.2, -0.15) is 5.06 Å². The number of carbonyl (C=O) groups is 2. The highest BCUT2D eigenvalue weighted by atomic mass is 16.7. The summed E-state index contributed by atoms with van der Waals surface area (Å²) in [5.41, 5.74) is 0.0646. The summed E-state index contributed by atoms with van der Waals surface area (Å²) < 4.78 is 0. The van der Waals surface area contributed by atoms with Gasteiger partial charge >= 0.3 is 6.03 Å². The van der Waals surface area contributed by atoms with E-state index in [1.165, 1.54) is 20.0 Å². The largest absolute Gasteiger partial charge is 0.344 e. The summed E-state index contributed by atoms with van der Waals surface area (Å²) in [5.74, 6) is 0. The van der Waals surface area contributed by atoms with Gasteiger partial charge in [-0.1, -0.05) is 0 Å². The van der Waals surface area contributed by atoms with Crippen LogP contribution in [-0.2, 0) is 9.63 Å². The van der Waals surface area contributed by atoms with Gasteiger partial charge in [-0.15, -0.1) is 0 Å². The van der Waals surface area contributed by atoms with E-state index in [4.69, 9.17) is 4.84 Å². The van der Waals surface area contributed by atoms with E-state index in [1.54, 1.807) is 4.90 Å². The first kappa shape index (κ1) is 9.52. The molecule has 5 nitrogen and oxygen atoms in total. The average molecular weight is 196 g/mol. The van der Waals surface area contributed by atoms with Crippen molar-refractivity contribution >= 4 is 19.6 Å². The van der Waals surface area contributed by atoms with Crippen LogP contribution in [0.1, 0.15) is 12.8 Å². The molecule has 2 bridgehead atoms. The molecule has 76 valence electrons. The van der Waals surface area contributed by atoms with E-state index in [0.29, 0.717) is 6.54 Å². The number of rotatable bonds is 2. The average Bonchev–Trinajstić information content (AvgIpc) is 2.39. The Labute approximate surface area is 83.3 Å². The molecule has 0 saturated carbocycles. The summed E-state index contributed by atoms with van der Waals surface area (Å²) in [5, 5.41) is 1.38. The zero-order chi connectivity index (χ0) is 10.3. The van der Waals surface area contributed by atoms with Crippen LogP contribution in [0.4, 0.5) is 4.79 Å². The molecule has 2 heterocycles. The maximum Gasteiger partial charge on any atom is 0.344 e. The molecular formula is C8H13BN2O3. The van der Waals surface area contributed by atoms with Gasteiger partial charge in [0.15, 0.2) is 7.85 Å². The van der Waals surface area contributed by atoms with E-state index < -0.39 is 0 Å². The molecule has 14 heavy (non-hydrogen) atoms. The molecule has 2 saturated heterocycles. The maximum atomic E-state index is 11.7. The Morgan fingerprint density at radius 2 is 2.29 bits per heavy atom. The van der Waals surface area contributed by atoms with Crippen LogP contribution in [0.3, 0.4) is 0 Å². The van der Waals surface area contributed by atoms with Gasteiger partial charge in [-0.3, -0.25) is 4.84 Å². The normalized spacial score (nSPS) is 31.1. The molecule has 2 fully saturated rings. The zero-order valence-corrected chi connectivity index (χ0v) is 8.40. The van der Waals surface area contributed by atoms with Gasteiger partial charge in [0, 0.05) is 6.54 Å². The molecule has 2 aliphatic heterocycles. The van der Waals surface area contributed by atoms with Crippen LogP contribution in [0.25, 0.3) is 0 Å². The van der Waals surface area contributed by atoms with Gasteiger partial charge in [0.25, 0.3) is 0 Å². The Balaban J connectivity index is 2.20. The summed E-state index contributed by atoms with van der Waals surface area (Å²) >= 11 is 0. The lowest BCUT2D eigenvalue weighted by Gasteiger charge is -2.28. The highest BCUT2D eigenvalue weighted by Gasteiger charge is 2.46. The number of piperidine rings is 1. The summed E-state index contributed by atoms with van der Waals surface area (Å²) in [6.45, 7) is 0.622. The maximum absolute atomic E-state index is 11.7. The number of hydrogen-bond donors (Lipinski definition) is 0. The minimum Gasteiger partial charge on any atom is -0.312 e. The highest BCUT2D eigenvalue weighted by molar-refractivity contribution is 6.59. The molecule has 2 aliphatic rings. The number of fused-ring (bicyclic) bond motifs is 2. The van der Waals surface area contributed by atoms with Crippen LogP contribution in [-0.4, -0.2) is 55.3 Å². The molecule has 6 heteroatoms. The quantitative estimate of drug-likeness (QED) is 0.531. The SMILES string of the molecule is BC(=O)[C@@H]1CC[C@H]2CN1C(=O)N2OC. The van der Waals surface area contributed by atoms with Crippen molar-refractivity contribution < 1.29 is 14.4 Å². The van der Waals surface area contributed by atoms with E-state index in [-0.39, 0.29) is 23.8 Å². The van der Waals surface area contributed by atoms with E-state index in [1.807, 2.05) is 0 Å². The Kier molecular flexibility index (Phi) is 2.22. The lowest BCUT2D eigenvalue weighted by molar-refractivity contribution is -0.116. The Morgan fingerprint density at radius 3 is 2.86 bits per heavy atom. The molecule has 2 amide bonds. The zero-order valence-electron chi connectivity index (χ0n) is 8.40. The number of carbonyl (C=O) groups excluding carboxylic acids is 2. The van der Waals surface area contributed by atoms with Crippen LogP contribution in [0, 0.1) is 0 Å². The molecule has 0 radical (unpaired) electrons. The summed E-state index contributed by atoms with van der Waals surface area (Å²) in [6.07, 6.45) is 1.60. The van der Waals surface area contributed by atoms with Crippen molar-refractivity contribution in [1.82, 2.24) is 9.96 Å². The minimum atomic E-state index is -0.237. The van der Waals surface area contributed by atoms with Crippen molar-refractivity contribution in [3.05, 3.63) is 0 Å². The Bertz CT molecular complexity index is 284. The molecule has 0 aromatic heterocycles. The van der Waals surface area contributed by atoms with Crippen molar-refractivity contribution in [2.24, 2.45) is 0 Å². The predicted octanol–water partition coefficient (Wildman–Crippen LogP) is -1.02. The fourth-order valence-electron chi connectivity index (χ4n) is 2.29. The van der Waals surface area contributed by atoms with Gasteiger partial charge in [0.2, 0.25) is 0 Å². The first-order chi connectivity index (χ1) is 6.65. The van der Waals surface area contributed by atoms with Gasteiger partial charge in [-0.25, -0.2) is 4.79 Å². The van der Waals surface area contributed by atoms with Crippen LogP contribution in [0.5, 0.6) is 0 Å². The summed E-state index contributed by atoms with van der Waals surface area (Å²) in [6, 6.07) is -0.280. The fraction of sp³-hybridized carbons (Fsp3) is 0.750. The number of nitrogens with zero attached hydrogens (tertiary/aromatic N) is 2. The summed E-state index contributed by atoms with van der Waals surface area (Å²) in [4.78, 5) is 29.6. The van der Waals surface area contributed by atoms with E-state index in [2.05, 4.69) is 0 Å². The lowest BCUT2D eigenvalue weighted by Crippen LogP contribution is -2.45. The van der Waals surface area contributed by atoms with E-state index in [9.17, 15) is 9.59 Å². The molecule has 2 atom stereocenters. The van der Waals surface area contributed by atoms with Crippen LogP contribution < -0.4 is 0 Å². The molecule has 0 N–H and O–H groups in total. The molecule has 0 unspecified atom stereocenters. The van der Waals surface area contributed by atoms with Crippen LogP contribution in [0.2, 0.25) is 0 Å². The Hall–Kier alpha value is -1.04. The number of hydrogen-bond acceptors (Lipinski definition) is 3. The number of amides is 2. The van der Waals surface area contributed by atoms with Gasteiger partial charge in [0.1, 0.15) is 5.68 Å². The van der Waals surface area contributed by atoms with Gasteiger partial charge in [0.05, 0.1) is 19.2 Å². The van der Waals surface area contributed by atoms with Crippen LogP contribution in [0.15, 0.2) is 0 Å². The molecule has 0 spiro atoms. The van der Waals surface area contributed by atoms with Gasteiger partial charge < -0.3 is 9.69 Å². The molecule has 0 aromatic carbocycles. The fourth-order valence-corrected chi connectivity index (χ4v) is 2.29. The standard InChI is InChI=1S/C8H13BN2O3/c1-14-11-5-2-3-6(7(9)12)10(4-5)8(11)13/h5-6H,2-4,9H2,1H3/t5-,6-/m0/s1. The predicted molar refractivity (Wildman–Crippen MR) is 51.3 cm³/mol.